The minimum absolute atomic E-state index is 0.0455. The second-order valence-electron chi connectivity index (χ2n) is 7.51. The van der Waals surface area contributed by atoms with Crippen LogP contribution in [0.1, 0.15) is 69.2 Å². The van der Waals surface area contributed by atoms with E-state index in [2.05, 4.69) is 50.0 Å². The Bertz CT molecular complexity index is 930. The van der Waals surface area contributed by atoms with E-state index < -0.39 is 0 Å². The van der Waals surface area contributed by atoms with Gasteiger partial charge in [0.1, 0.15) is 0 Å². The van der Waals surface area contributed by atoms with Crippen molar-refractivity contribution < 1.29 is 0 Å². The van der Waals surface area contributed by atoms with E-state index >= 15 is 0 Å². The van der Waals surface area contributed by atoms with Gasteiger partial charge in [0.25, 0.3) is 0 Å². The van der Waals surface area contributed by atoms with Crippen LogP contribution in [0, 0.1) is 18.3 Å². The molecule has 2 aromatic carbocycles. The molecule has 1 unspecified atom stereocenters. The van der Waals surface area contributed by atoms with Crippen LogP contribution >= 0.6 is 0 Å². The van der Waals surface area contributed by atoms with E-state index in [1.54, 1.807) is 13.0 Å². The van der Waals surface area contributed by atoms with Crippen molar-refractivity contribution >= 4 is 17.4 Å². The normalized spacial score (nSPS) is 14.4. The summed E-state index contributed by atoms with van der Waals surface area (Å²) >= 11 is 0. The fraction of sp³-hybridized carbons (Fsp3) is 0.375. The zero-order valence-corrected chi connectivity index (χ0v) is 17.6. The standard InChI is InChI=1S/C24H30N4/c1-6-14-24(5,7-2)21-11-9-8-10-20(21)23(27-18(4)26)28-22-13-12-19(16-25)15-17(22)3/h8-13,15H,6-7,14H2,1-5H3,(H2,26,27,28). The Morgan fingerprint density at radius 1 is 1.18 bits per heavy atom. The van der Waals surface area contributed by atoms with Gasteiger partial charge in [-0.05, 0) is 61.4 Å². The molecule has 2 N–H and O–H groups in total. The van der Waals surface area contributed by atoms with Gasteiger partial charge in [-0.15, -0.1) is 0 Å². The minimum Gasteiger partial charge on any atom is -0.387 e. The second kappa shape index (κ2) is 9.32. The monoisotopic (exact) mass is 374 g/mol. The number of nitrogens with two attached hydrogens (primary N) is 1. The van der Waals surface area contributed by atoms with Gasteiger partial charge in [0.15, 0.2) is 5.84 Å². The van der Waals surface area contributed by atoms with E-state index in [0.29, 0.717) is 17.2 Å². The lowest BCUT2D eigenvalue weighted by Gasteiger charge is -2.30. The highest BCUT2D eigenvalue weighted by molar-refractivity contribution is 6.08. The molecule has 146 valence electrons. The van der Waals surface area contributed by atoms with Gasteiger partial charge in [-0.2, -0.15) is 5.26 Å². The van der Waals surface area contributed by atoms with E-state index in [9.17, 15) is 0 Å². The minimum atomic E-state index is 0.0455. The van der Waals surface area contributed by atoms with Gasteiger partial charge in [-0.3, -0.25) is 0 Å². The van der Waals surface area contributed by atoms with Crippen molar-refractivity contribution in [1.29, 1.82) is 5.26 Å². The Morgan fingerprint density at radius 2 is 1.89 bits per heavy atom. The van der Waals surface area contributed by atoms with Gasteiger partial charge >= 0.3 is 0 Å². The SMILES string of the molecule is CCCC(C)(CC)c1ccccc1C(N=C(C)N)=Nc1ccc(C#N)cc1C. The molecule has 0 aliphatic heterocycles. The topological polar surface area (TPSA) is 74.5 Å². The molecule has 0 bridgehead atoms. The molecule has 4 heteroatoms. The van der Waals surface area contributed by atoms with E-state index in [0.717, 1.165) is 36.1 Å². The van der Waals surface area contributed by atoms with Crippen LogP contribution < -0.4 is 5.73 Å². The Morgan fingerprint density at radius 3 is 2.46 bits per heavy atom. The third kappa shape index (κ3) is 4.86. The summed E-state index contributed by atoms with van der Waals surface area (Å²) in [6, 6.07) is 16.0. The predicted octanol–water partition coefficient (Wildman–Crippen LogP) is 5.79. The van der Waals surface area contributed by atoms with Gasteiger partial charge in [0.2, 0.25) is 0 Å². The number of rotatable bonds is 6. The maximum Gasteiger partial charge on any atom is 0.162 e. The molecule has 0 aliphatic rings. The van der Waals surface area contributed by atoms with Crippen LogP contribution in [0.3, 0.4) is 0 Å². The van der Waals surface area contributed by atoms with E-state index in [4.69, 9.17) is 16.0 Å². The van der Waals surface area contributed by atoms with Crippen LogP contribution in [-0.2, 0) is 5.41 Å². The second-order valence-corrected chi connectivity index (χ2v) is 7.51. The summed E-state index contributed by atoms with van der Waals surface area (Å²) in [5.41, 5.74) is 10.6. The summed E-state index contributed by atoms with van der Waals surface area (Å²) in [6.07, 6.45) is 3.24. The predicted molar refractivity (Wildman–Crippen MR) is 118 cm³/mol. The zero-order chi connectivity index (χ0) is 20.7. The van der Waals surface area contributed by atoms with Gasteiger partial charge in [-0.25, -0.2) is 9.98 Å². The number of hydrogen-bond acceptors (Lipinski definition) is 2. The molecule has 2 rings (SSSR count). The summed E-state index contributed by atoms with van der Waals surface area (Å²) in [7, 11) is 0. The molecule has 2 aromatic rings. The lowest BCUT2D eigenvalue weighted by Crippen LogP contribution is -2.24. The Kier molecular flexibility index (Phi) is 7.12. The molecular weight excluding hydrogens is 344 g/mol. The number of aliphatic imine (C=N–C) groups is 2. The third-order valence-corrected chi connectivity index (χ3v) is 5.23. The van der Waals surface area contributed by atoms with Gasteiger partial charge in [-0.1, -0.05) is 51.5 Å². The number of aryl methyl sites for hydroxylation is 1. The van der Waals surface area contributed by atoms with Crippen molar-refractivity contribution in [3.05, 3.63) is 64.7 Å². The maximum absolute atomic E-state index is 9.11. The van der Waals surface area contributed by atoms with Crippen LogP contribution in [-0.4, -0.2) is 11.7 Å². The summed E-state index contributed by atoms with van der Waals surface area (Å²) in [4.78, 5) is 9.43. The average molecular weight is 375 g/mol. The number of benzene rings is 2. The molecule has 0 saturated heterocycles. The molecule has 0 saturated carbocycles. The fourth-order valence-corrected chi connectivity index (χ4v) is 3.54. The van der Waals surface area contributed by atoms with Crippen LogP contribution in [0.4, 0.5) is 5.69 Å². The van der Waals surface area contributed by atoms with Crippen molar-refractivity contribution in [2.24, 2.45) is 15.7 Å². The largest absolute Gasteiger partial charge is 0.387 e. The molecule has 0 heterocycles. The van der Waals surface area contributed by atoms with Crippen molar-refractivity contribution in [2.45, 2.75) is 59.3 Å². The summed E-state index contributed by atoms with van der Waals surface area (Å²) in [5, 5.41) is 9.11. The highest BCUT2D eigenvalue weighted by atomic mass is 15.0. The van der Waals surface area contributed by atoms with Gasteiger partial charge in [0.05, 0.1) is 23.2 Å². The van der Waals surface area contributed by atoms with Crippen LogP contribution in [0.5, 0.6) is 0 Å². The highest BCUT2D eigenvalue weighted by Crippen LogP contribution is 2.35. The van der Waals surface area contributed by atoms with Crippen LogP contribution in [0.2, 0.25) is 0 Å². The number of nitriles is 1. The van der Waals surface area contributed by atoms with Crippen molar-refractivity contribution in [3.8, 4) is 6.07 Å². The number of amidine groups is 2. The maximum atomic E-state index is 9.11. The van der Waals surface area contributed by atoms with Gasteiger partial charge in [0, 0.05) is 5.56 Å². The molecule has 4 nitrogen and oxygen atoms in total. The lowest BCUT2D eigenvalue weighted by atomic mass is 9.74. The molecule has 28 heavy (non-hydrogen) atoms. The molecule has 1 atom stereocenters. The molecule has 0 aromatic heterocycles. The first-order valence-electron chi connectivity index (χ1n) is 9.84. The van der Waals surface area contributed by atoms with Crippen molar-refractivity contribution in [2.75, 3.05) is 0 Å². The zero-order valence-electron chi connectivity index (χ0n) is 17.6. The molecule has 0 aliphatic carbocycles. The molecule has 0 amide bonds. The van der Waals surface area contributed by atoms with Crippen LogP contribution in [0.15, 0.2) is 52.4 Å². The first-order chi connectivity index (χ1) is 13.3. The average Bonchev–Trinajstić information content (AvgIpc) is 2.68. The summed E-state index contributed by atoms with van der Waals surface area (Å²) < 4.78 is 0. The highest BCUT2D eigenvalue weighted by Gasteiger charge is 2.27. The molecule has 0 fully saturated rings. The van der Waals surface area contributed by atoms with Gasteiger partial charge < -0.3 is 5.73 Å². The molecule has 0 radical (unpaired) electrons. The van der Waals surface area contributed by atoms with E-state index in [1.807, 2.05) is 25.1 Å². The Hall–Kier alpha value is -2.93. The molecular formula is C24H30N4. The Balaban J connectivity index is 2.69. The first kappa shape index (κ1) is 21.4. The quantitative estimate of drug-likeness (QED) is 0.513. The van der Waals surface area contributed by atoms with Crippen LogP contribution in [0.25, 0.3) is 0 Å². The number of hydrogen-bond donors (Lipinski definition) is 1. The summed E-state index contributed by atoms with van der Waals surface area (Å²) in [5.74, 6) is 1.08. The van der Waals surface area contributed by atoms with E-state index in [-0.39, 0.29) is 5.41 Å². The molecule has 0 spiro atoms. The Labute approximate surface area is 168 Å². The summed E-state index contributed by atoms with van der Waals surface area (Å²) in [6.45, 7) is 10.5. The van der Waals surface area contributed by atoms with Crippen molar-refractivity contribution in [3.63, 3.8) is 0 Å². The smallest absolute Gasteiger partial charge is 0.162 e. The lowest BCUT2D eigenvalue weighted by molar-refractivity contribution is 0.413. The first-order valence-corrected chi connectivity index (χ1v) is 9.84. The fourth-order valence-electron chi connectivity index (χ4n) is 3.54. The number of nitrogens with zero attached hydrogens (tertiary/aromatic N) is 3. The van der Waals surface area contributed by atoms with Crippen molar-refractivity contribution in [1.82, 2.24) is 0 Å². The van der Waals surface area contributed by atoms with E-state index in [1.165, 1.54) is 5.56 Å². The third-order valence-electron chi connectivity index (χ3n) is 5.23.